The minimum atomic E-state index is -1.05. The Morgan fingerprint density at radius 2 is 1.96 bits per heavy atom. The predicted molar refractivity (Wildman–Crippen MR) is 106 cm³/mol. The number of carboxylic acid groups (broad SMARTS) is 1. The van der Waals surface area contributed by atoms with E-state index >= 15 is 0 Å². The Balaban J connectivity index is 2.42. The molecule has 0 fully saturated rings. The molecule has 3 N–H and O–H groups in total. The van der Waals surface area contributed by atoms with Crippen molar-refractivity contribution >= 4 is 27.8 Å². The van der Waals surface area contributed by atoms with Crippen LogP contribution in [0.15, 0.2) is 41.6 Å². The number of benzene rings is 2. The molecule has 0 aliphatic rings. The lowest BCUT2D eigenvalue weighted by Gasteiger charge is -2.19. The number of hydrogen-bond donors (Lipinski definition) is 2. The molecule has 0 aliphatic carbocycles. The van der Waals surface area contributed by atoms with Gasteiger partial charge in [-0.1, -0.05) is 35.5 Å². The number of aliphatic carboxylic acids is 1. The highest BCUT2D eigenvalue weighted by Gasteiger charge is 2.15. The molecular weight excluding hydrogens is 342 g/mol. The molecule has 0 spiro atoms. The second-order valence-corrected chi connectivity index (χ2v) is 6.74. The summed E-state index contributed by atoms with van der Waals surface area (Å²) in [6.45, 7) is 7.05. The van der Waals surface area contributed by atoms with Crippen molar-refractivity contribution in [1.29, 1.82) is 0 Å². The van der Waals surface area contributed by atoms with Crippen LogP contribution >= 0.6 is 0 Å². The van der Waals surface area contributed by atoms with Gasteiger partial charge < -0.3 is 20.2 Å². The quantitative estimate of drug-likeness (QED) is 0.517. The van der Waals surface area contributed by atoms with Gasteiger partial charge in [0.1, 0.15) is 5.36 Å². The molecule has 1 heterocycles. The topological polar surface area (TPSA) is 89.8 Å². The highest BCUT2D eigenvalue weighted by atomic mass is 16.6. The van der Waals surface area contributed by atoms with Crippen molar-refractivity contribution in [2.45, 2.75) is 39.8 Å². The zero-order valence-corrected chi connectivity index (χ0v) is 15.9. The summed E-state index contributed by atoms with van der Waals surface area (Å²) in [7, 11) is 0. The molecule has 0 radical (unpaired) electrons. The van der Waals surface area contributed by atoms with E-state index in [4.69, 9.17) is 15.7 Å². The van der Waals surface area contributed by atoms with Crippen LogP contribution in [0.5, 0.6) is 0 Å². The number of fused-ring (bicyclic) bond motifs is 2. The molecule has 0 saturated heterocycles. The van der Waals surface area contributed by atoms with Gasteiger partial charge in [-0.25, -0.2) is 4.79 Å². The first-order chi connectivity index (χ1) is 13.0. The highest BCUT2D eigenvalue weighted by Crippen LogP contribution is 2.25. The predicted octanol–water partition coefficient (Wildman–Crippen LogP) is 3.07. The fourth-order valence-corrected chi connectivity index (χ4v) is 3.27. The first-order valence-corrected chi connectivity index (χ1v) is 9.10. The number of pyridine rings is 1. The minimum absolute atomic E-state index is 0.610. The summed E-state index contributed by atoms with van der Waals surface area (Å²) in [4.78, 5) is 16.4. The van der Waals surface area contributed by atoms with Gasteiger partial charge >= 0.3 is 5.97 Å². The molecule has 3 rings (SSSR count). The van der Waals surface area contributed by atoms with E-state index in [2.05, 4.69) is 29.6 Å². The monoisotopic (exact) mass is 367 g/mol. The molecule has 142 valence electrons. The maximum atomic E-state index is 11.1. The van der Waals surface area contributed by atoms with Gasteiger partial charge in [0.15, 0.2) is 0 Å². The summed E-state index contributed by atoms with van der Waals surface area (Å²) in [6, 6.07) is 12.0. The summed E-state index contributed by atoms with van der Waals surface area (Å²) < 4.78 is 2.28. The fraction of sp³-hybridized carbons (Fsp3) is 0.333. The van der Waals surface area contributed by atoms with E-state index in [-0.39, 0.29) is 0 Å². The summed E-state index contributed by atoms with van der Waals surface area (Å²) in [5, 5.41) is 15.9. The van der Waals surface area contributed by atoms with E-state index in [1.807, 2.05) is 30.3 Å². The zero-order chi connectivity index (χ0) is 19.6. The number of carbonyl (C=O) groups is 1. The maximum absolute atomic E-state index is 11.1. The Hall–Kier alpha value is -2.86. The van der Waals surface area contributed by atoms with Crippen LogP contribution in [0.25, 0.3) is 21.8 Å². The van der Waals surface area contributed by atoms with Crippen molar-refractivity contribution in [2.24, 2.45) is 10.9 Å². The molecule has 6 heteroatoms. The second kappa shape index (κ2) is 7.80. The van der Waals surface area contributed by atoms with E-state index < -0.39 is 12.1 Å². The molecule has 0 saturated carbocycles. The molecular formula is C21H25N3O3. The lowest BCUT2D eigenvalue weighted by molar-refractivity contribution is -0.149. The van der Waals surface area contributed by atoms with Crippen LogP contribution in [-0.4, -0.2) is 28.3 Å². The summed E-state index contributed by atoms with van der Waals surface area (Å²) in [6.07, 6.45) is -0.157. The summed E-state index contributed by atoms with van der Waals surface area (Å²) in [5.74, 6) is -1.05. The molecule has 0 amide bonds. The number of para-hydroxylation sites is 1. The van der Waals surface area contributed by atoms with E-state index in [9.17, 15) is 4.79 Å². The van der Waals surface area contributed by atoms with Gasteiger partial charge in [-0.3, -0.25) is 0 Å². The Morgan fingerprint density at radius 1 is 1.22 bits per heavy atom. The van der Waals surface area contributed by atoms with Crippen molar-refractivity contribution in [3.63, 3.8) is 0 Å². The Morgan fingerprint density at radius 3 is 2.67 bits per heavy atom. The second-order valence-electron chi connectivity index (χ2n) is 6.74. The van der Waals surface area contributed by atoms with Crippen LogP contribution in [0.3, 0.4) is 0 Å². The van der Waals surface area contributed by atoms with E-state index in [0.717, 1.165) is 40.3 Å². The summed E-state index contributed by atoms with van der Waals surface area (Å²) >= 11 is 0. The first kappa shape index (κ1) is 18.9. The van der Waals surface area contributed by atoms with Crippen LogP contribution < -0.4 is 11.1 Å². The third kappa shape index (κ3) is 3.53. The first-order valence-electron chi connectivity index (χ1n) is 9.10. The average Bonchev–Trinajstić information content (AvgIpc) is 2.67. The third-order valence-corrected chi connectivity index (χ3v) is 4.91. The van der Waals surface area contributed by atoms with Gasteiger partial charge in [0, 0.05) is 17.3 Å². The number of nitrogens with two attached hydrogens (primary N) is 1. The molecule has 6 nitrogen and oxygen atoms in total. The minimum Gasteiger partial charge on any atom is -0.478 e. The Labute approximate surface area is 157 Å². The van der Waals surface area contributed by atoms with Crippen molar-refractivity contribution < 1.29 is 14.7 Å². The van der Waals surface area contributed by atoms with Crippen molar-refractivity contribution in [3.8, 4) is 0 Å². The van der Waals surface area contributed by atoms with Gasteiger partial charge in [0.05, 0.1) is 11.0 Å². The van der Waals surface area contributed by atoms with Gasteiger partial charge in [-0.2, -0.15) is 0 Å². The fourth-order valence-electron chi connectivity index (χ4n) is 3.27. The molecule has 1 aromatic heterocycles. The standard InChI is InChI=1S/C21H25N3O3/c1-13-9-10-17-19(23-27-15(3)21(25)26)16-7-4-5-8-18(16)24(12-6-11-22)20(17)14(13)2/h4-5,7-10,15H,6,11-12,22H2,1-3H3,(H,25,26). The number of nitrogens with zero attached hydrogens (tertiary/aromatic N) is 2. The third-order valence-electron chi connectivity index (χ3n) is 4.91. The van der Waals surface area contributed by atoms with Crippen LogP contribution in [-0.2, 0) is 16.2 Å². The lowest BCUT2D eigenvalue weighted by Crippen LogP contribution is -2.20. The number of hydrogen-bond acceptors (Lipinski definition) is 4. The SMILES string of the molecule is Cc1ccc2c(=NOC(C)C(=O)O)c3ccccc3n(CCCN)c2c1C. The van der Waals surface area contributed by atoms with E-state index in [0.29, 0.717) is 11.9 Å². The van der Waals surface area contributed by atoms with Gasteiger partial charge in [0.2, 0.25) is 6.10 Å². The number of rotatable bonds is 6. The van der Waals surface area contributed by atoms with Gasteiger partial charge in [-0.05, 0) is 50.9 Å². The lowest BCUT2D eigenvalue weighted by atomic mass is 10.0. The molecule has 3 aromatic rings. The average molecular weight is 367 g/mol. The van der Waals surface area contributed by atoms with Crippen LogP contribution in [0.1, 0.15) is 24.5 Å². The van der Waals surface area contributed by atoms with Gasteiger partial charge in [0.25, 0.3) is 0 Å². The largest absolute Gasteiger partial charge is 0.478 e. The number of aromatic nitrogens is 1. The molecule has 27 heavy (non-hydrogen) atoms. The number of carboxylic acids is 1. The van der Waals surface area contributed by atoms with Crippen LogP contribution in [0, 0.1) is 13.8 Å². The van der Waals surface area contributed by atoms with Crippen LogP contribution in [0.4, 0.5) is 0 Å². The van der Waals surface area contributed by atoms with E-state index in [1.165, 1.54) is 12.5 Å². The maximum Gasteiger partial charge on any atom is 0.347 e. The molecule has 0 aliphatic heterocycles. The zero-order valence-electron chi connectivity index (χ0n) is 15.9. The molecule has 2 aromatic carbocycles. The Kier molecular flexibility index (Phi) is 5.46. The Bertz CT molecular complexity index is 1070. The smallest absolute Gasteiger partial charge is 0.347 e. The summed E-state index contributed by atoms with van der Waals surface area (Å²) in [5.41, 5.74) is 10.2. The number of aryl methyl sites for hydroxylation is 3. The van der Waals surface area contributed by atoms with Crippen molar-refractivity contribution in [2.75, 3.05) is 6.54 Å². The van der Waals surface area contributed by atoms with E-state index in [1.54, 1.807) is 0 Å². The van der Waals surface area contributed by atoms with Gasteiger partial charge in [-0.15, -0.1) is 0 Å². The van der Waals surface area contributed by atoms with Crippen LogP contribution in [0.2, 0.25) is 0 Å². The highest BCUT2D eigenvalue weighted by molar-refractivity contribution is 5.95. The molecule has 0 bridgehead atoms. The molecule has 1 atom stereocenters. The van der Waals surface area contributed by atoms with Crippen molar-refractivity contribution in [3.05, 3.63) is 52.9 Å². The van der Waals surface area contributed by atoms with Crippen molar-refractivity contribution in [1.82, 2.24) is 4.57 Å². The normalized spacial score (nSPS) is 13.3. The molecule has 1 unspecified atom stereocenters.